The molecule has 0 unspecified atom stereocenters. The van der Waals surface area contributed by atoms with E-state index < -0.39 is 16.8 Å². The Bertz CT molecular complexity index is 1110. The van der Waals surface area contributed by atoms with Crippen LogP contribution in [0.4, 0.5) is 0 Å². The molecule has 1 N–H and O–H groups in total. The van der Waals surface area contributed by atoms with Crippen LogP contribution in [0.3, 0.4) is 0 Å². The van der Waals surface area contributed by atoms with Crippen molar-refractivity contribution in [3.63, 3.8) is 0 Å². The standard InChI is InChI=1S/C33H50O6/c1-20(34)39-25-12-13-30(5)23(28(25,2)3)11-14-32(7)24(30)10-9-21-22-19-29(4,27(37)38-8)15-17-33(22,26(35)36)18-16-31(21,32)6/h9,22-25H,10-19H2,1-8H3,(H,35,36)/t22-,23-,24+,25-,29-,30-,31+,32+,33-/m0/s1. The van der Waals surface area contributed by atoms with Crippen molar-refractivity contribution in [2.45, 2.75) is 119 Å². The zero-order chi connectivity index (χ0) is 28.8. The molecule has 4 fully saturated rings. The van der Waals surface area contributed by atoms with Crippen LogP contribution in [-0.2, 0) is 23.9 Å². The average Bonchev–Trinajstić information content (AvgIpc) is 2.85. The zero-order valence-corrected chi connectivity index (χ0v) is 25.4. The number of aliphatic carboxylic acids is 1. The van der Waals surface area contributed by atoms with Gasteiger partial charge in [-0.2, -0.15) is 0 Å². The van der Waals surface area contributed by atoms with Crippen LogP contribution < -0.4 is 0 Å². The molecule has 0 aromatic heterocycles. The molecule has 0 aromatic rings. The van der Waals surface area contributed by atoms with E-state index in [1.807, 2.05) is 6.92 Å². The fraction of sp³-hybridized carbons (Fsp3) is 0.848. The summed E-state index contributed by atoms with van der Waals surface area (Å²) in [5.41, 5.74) is -0.200. The summed E-state index contributed by atoms with van der Waals surface area (Å²) in [7, 11) is 1.44. The Morgan fingerprint density at radius 1 is 0.897 bits per heavy atom. The lowest BCUT2D eigenvalue weighted by Crippen LogP contribution is -2.65. The lowest BCUT2D eigenvalue weighted by molar-refractivity contribution is -0.213. The molecule has 5 aliphatic carbocycles. The van der Waals surface area contributed by atoms with Gasteiger partial charge in [0.15, 0.2) is 0 Å². The van der Waals surface area contributed by atoms with Gasteiger partial charge < -0.3 is 14.6 Å². The molecule has 0 heterocycles. The highest BCUT2D eigenvalue weighted by Crippen LogP contribution is 2.75. The van der Waals surface area contributed by atoms with Gasteiger partial charge in [0.25, 0.3) is 0 Å². The Balaban J connectivity index is 1.56. The molecule has 6 nitrogen and oxygen atoms in total. The molecule has 218 valence electrons. The maximum Gasteiger partial charge on any atom is 0.311 e. The van der Waals surface area contributed by atoms with Gasteiger partial charge in [-0.3, -0.25) is 14.4 Å². The van der Waals surface area contributed by atoms with E-state index in [9.17, 15) is 19.5 Å². The summed E-state index contributed by atoms with van der Waals surface area (Å²) in [5.74, 6) is -0.316. The smallest absolute Gasteiger partial charge is 0.311 e. The van der Waals surface area contributed by atoms with Crippen LogP contribution in [0.2, 0.25) is 0 Å². The zero-order valence-electron chi connectivity index (χ0n) is 25.4. The molecule has 0 amide bonds. The molecule has 0 bridgehead atoms. The third-order valence-corrected chi connectivity index (χ3v) is 13.8. The summed E-state index contributed by atoms with van der Waals surface area (Å²) in [6, 6.07) is 0. The van der Waals surface area contributed by atoms with Gasteiger partial charge in [0.1, 0.15) is 6.10 Å². The van der Waals surface area contributed by atoms with Gasteiger partial charge in [0.2, 0.25) is 0 Å². The number of hydrogen-bond donors (Lipinski definition) is 1. The third kappa shape index (κ3) is 3.67. The van der Waals surface area contributed by atoms with Crippen LogP contribution in [0.1, 0.15) is 113 Å². The van der Waals surface area contributed by atoms with Gasteiger partial charge in [-0.25, -0.2) is 0 Å². The first kappa shape index (κ1) is 28.7. The number of rotatable bonds is 3. The number of ether oxygens (including phenoxy) is 2. The van der Waals surface area contributed by atoms with Crippen molar-refractivity contribution < 1.29 is 29.0 Å². The molecule has 5 aliphatic rings. The van der Waals surface area contributed by atoms with Crippen molar-refractivity contribution in [2.24, 2.45) is 50.2 Å². The van der Waals surface area contributed by atoms with Crippen molar-refractivity contribution in [1.82, 2.24) is 0 Å². The van der Waals surface area contributed by atoms with E-state index in [0.29, 0.717) is 37.5 Å². The molecule has 6 heteroatoms. The molecule has 0 aliphatic heterocycles. The van der Waals surface area contributed by atoms with Crippen molar-refractivity contribution >= 4 is 17.9 Å². The average molecular weight is 543 g/mol. The Kier molecular flexibility index (Phi) is 6.49. The normalized spacial score (nSPS) is 48.3. The fourth-order valence-electron chi connectivity index (χ4n) is 11.3. The van der Waals surface area contributed by atoms with Crippen molar-refractivity contribution in [3.05, 3.63) is 11.6 Å². The Hall–Kier alpha value is -1.85. The van der Waals surface area contributed by atoms with E-state index in [0.717, 1.165) is 38.5 Å². The van der Waals surface area contributed by atoms with E-state index in [4.69, 9.17) is 9.47 Å². The number of carboxylic acids is 1. The molecular weight excluding hydrogens is 492 g/mol. The summed E-state index contributed by atoms with van der Waals surface area (Å²) in [4.78, 5) is 37.8. The molecule has 9 atom stereocenters. The third-order valence-electron chi connectivity index (χ3n) is 13.8. The first-order chi connectivity index (χ1) is 18.0. The molecule has 0 spiro atoms. The van der Waals surface area contributed by atoms with Gasteiger partial charge in [-0.1, -0.05) is 46.3 Å². The number of allylic oxidation sites excluding steroid dienone is 2. The maximum atomic E-state index is 12.9. The van der Waals surface area contributed by atoms with E-state index in [-0.39, 0.29) is 45.6 Å². The van der Waals surface area contributed by atoms with Crippen molar-refractivity contribution in [1.29, 1.82) is 0 Å². The van der Waals surface area contributed by atoms with E-state index in [1.165, 1.54) is 19.6 Å². The van der Waals surface area contributed by atoms with E-state index in [1.54, 1.807) is 0 Å². The second-order valence-corrected chi connectivity index (χ2v) is 15.5. The molecule has 5 rings (SSSR count). The van der Waals surface area contributed by atoms with Gasteiger partial charge in [0.05, 0.1) is 17.9 Å². The van der Waals surface area contributed by atoms with Crippen LogP contribution in [0, 0.1) is 50.2 Å². The summed E-state index contributed by atoms with van der Waals surface area (Å²) in [6.07, 6.45) is 10.6. The molecule has 39 heavy (non-hydrogen) atoms. The number of hydrogen-bond acceptors (Lipinski definition) is 5. The fourth-order valence-corrected chi connectivity index (χ4v) is 11.3. The lowest BCUT2D eigenvalue weighted by Gasteiger charge is -2.71. The van der Waals surface area contributed by atoms with Crippen LogP contribution in [-0.4, -0.2) is 36.2 Å². The Morgan fingerprint density at radius 3 is 2.18 bits per heavy atom. The summed E-state index contributed by atoms with van der Waals surface area (Å²) < 4.78 is 11.1. The highest BCUT2D eigenvalue weighted by Gasteiger charge is 2.70. The lowest BCUT2D eigenvalue weighted by atomic mass is 9.33. The minimum Gasteiger partial charge on any atom is -0.481 e. The molecule has 0 aromatic carbocycles. The number of carboxylic acid groups (broad SMARTS) is 1. The highest BCUT2D eigenvalue weighted by molar-refractivity contribution is 5.80. The van der Waals surface area contributed by atoms with Gasteiger partial charge >= 0.3 is 17.9 Å². The quantitative estimate of drug-likeness (QED) is 0.306. The number of fused-ring (bicyclic) bond motifs is 7. The first-order valence-electron chi connectivity index (χ1n) is 15.2. The van der Waals surface area contributed by atoms with Crippen LogP contribution >= 0.6 is 0 Å². The Morgan fingerprint density at radius 2 is 1.56 bits per heavy atom. The van der Waals surface area contributed by atoms with Gasteiger partial charge in [-0.15, -0.1) is 0 Å². The van der Waals surface area contributed by atoms with Crippen molar-refractivity contribution in [2.75, 3.05) is 7.11 Å². The second-order valence-electron chi connectivity index (χ2n) is 15.5. The molecule has 0 radical (unpaired) electrons. The number of esters is 2. The molecule has 4 saturated carbocycles. The number of carbonyl (C=O) groups is 3. The van der Waals surface area contributed by atoms with Crippen LogP contribution in [0.15, 0.2) is 11.6 Å². The second kappa shape index (κ2) is 8.82. The van der Waals surface area contributed by atoms with Crippen LogP contribution in [0.25, 0.3) is 0 Å². The predicted molar refractivity (Wildman–Crippen MR) is 149 cm³/mol. The topological polar surface area (TPSA) is 89.9 Å². The van der Waals surface area contributed by atoms with Gasteiger partial charge in [-0.05, 0) is 105 Å². The maximum absolute atomic E-state index is 12.9. The molecule has 0 saturated heterocycles. The number of methoxy groups -OCH3 is 1. The highest BCUT2D eigenvalue weighted by atomic mass is 16.5. The minimum atomic E-state index is -0.798. The largest absolute Gasteiger partial charge is 0.481 e. The van der Waals surface area contributed by atoms with E-state index in [2.05, 4.69) is 40.7 Å². The molecular formula is C33H50O6. The minimum absolute atomic E-state index is 0.0382. The van der Waals surface area contributed by atoms with Crippen LogP contribution in [0.5, 0.6) is 0 Å². The first-order valence-corrected chi connectivity index (χ1v) is 15.2. The summed E-state index contributed by atoms with van der Waals surface area (Å²) in [5, 5.41) is 10.6. The number of carbonyl (C=O) groups excluding carboxylic acids is 2. The monoisotopic (exact) mass is 542 g/mol. The summed E-state index contributed by atoms with van der Waals surface area (Å²) in [6.45, 7) is 15.5. The van der Waals surface area contributed by atoms with Crippen molar-refractivity contribution in [3.8, 4) is 0 Å². The SMILES string of the molecule is COC(=O)[C@@]1(C)CC[C@]2(C(=O)O)CC[C@]3(C)C(=CC[C@@H]4[C@@]5(C)CC[C@H](OC(C)=O)C(C)(C)[C@@H]5CC[C@]43C)[C@@H]2C1. The Labute approximate surface area is 234 Å². The van der Waals surface area contributed by atoms with E-state index >= 15 is 0 Å². The predicted octanol–water partition coefficient (Wildman–Crippen LogP) is 6.96. The summed E-state index contributed by atoms with van der Waals surface area (Å²) >= 11 is 0. The van der Waals surface area contributed by atoms with Gasteiger partial charge in [0, 0.05) is 12.3 Å².